The zero-order valence-corrected chi connectivity index (χ0v) is 13.2. The van der Waals surface area contributed by atoms with Crippen LogP contribution in [0.4, 0.5) is 0 Å². The summed E-state index contributed by atoms with van der Waals surface area (Å²) in [6, 6.07) is 28.7. The van der Waals surface area contributed by atoms with E-state index in [0.717, 1.165) is 32.7 Å². The smallest absolute Gasteiger partial charge is 0.0709 e. The van der Waals surface area contributed by atoms with Crippen LogP contribution in [0.5, 0.6) is 0 Å². The molecule has 1 heterocycles. The molecule has 0 saturated heterocycles. The lowest BCUT2D eigenvalue weighted by Crippen LogP contribution is -1.85. The maximum Gasteiger partial charge on any atom is 0.0709 e. The van der Waals surface area contributed by atoms with Gasteiger partial charge in [-0.25, -0.2) is 4.98 Å². The summed E-state index contributed by atoms with van der Waals surface area (Å²) in [5, 5.41) is 1.92. The molecule has 4 aromatic rings. The fourth-order valence-corrected chi connectivity index (χ4v) is 2.83. The summed E-state index contributed by atoms with van der Waals surface area (Å²) >= 11 is 5.94. The van der Waals surface area contributed by atoms with Crippen molar-refractivity contribution in [3.05, 3.63) is 90.0 Å². The average Bonchev–Trinajstić information content (AvgIpc) is 2.62. The van der Waals surface area contributed by atoms with Gasteiger partial charge in [-0.1, -0.05) is 72.3 Å². The highest BCUT2D eigenvalue weighted by Gasteiger charge is 2.03. The molecule has 110 valence electrons. The van der Waals surface area contributed by atoms with Crippen molar-refractivity contribution in [2.24, 2.45) is 0 Å². The molecule has 0 amide bonds. The van der Waals surface area contributed by atoms with Crippen LogP contribution in [0.3, 0.4) is 0 Å². The highest BCUT2D eigenvalue weighted by atomic mass is 35.5. The number of hydrogen-bond acceptors (Lipinski definition) is 1. The molecular weight excluding hydrogens is 302 g/mol. The predicted octanol–water partition coefficient (Wildman–Crippen LogP) is 6.22. The maximum atomic E-state index is 5.94. The van der Waals surface area contributed by atoms with Gasteiger partial charge in [0.05, 0.1) is 11.2 Å². The van der Waals surface area contributed by atoms with E-state index in [-0.39, 0.29) is 0 Å². The second-order valence-corrected chi connectivity index (χ2v) is 5.91. The standard InChI is InChI=1S/C21H14ClN/c22-19-12-9-16(10-13-19)15-5-7-18(8-6-15)21-14-11-17-3-1-2-4-20(17)23-21/h1-14H. The number of hydrogen-bond donors (Lipinski definition) is 0. The Balaban J connectivity index is 1.70. The van der Waals surface area contributed by atoms with Gasteiger partial charge in [-0.15, -0.1) is 0 Å². The van der Waals surface area contributed by atoms with E-state index in [4.69, 9.17) is 16.6 Å². The largest absolute Gasteiger partial charge is 0.248 e. The van der Waals surface area contributed by atoms with Crippen LogP contribution in [0.25, 0.3) is 33.3 Å². The SMILES string of the molecule is Clc1ccc(-c2ccc(-c3ccc4ccccc4n3)cc2)cc1. The van der Waals surface area contributed by atoms with Gasteiger partial charge in [-0.2, -0.15) is 0 Å². The summed E-state index contributed by atoms with van der Waals surface area (Å²) in [6.07, 6.45) is 0. The molecule has 0 bridgehead atoms. The van der Waals surface area contributed by atoms with E-state index < -0.39 is 0 Å². The molecule has 23 heavy (non-hydrogen) atoms. The van der Waals surface area contributed by atoms with Crippen LogP contribution in [-0.2, 0) is 0 Å². The van der Waals surface area contributed by atoms with Gasteiger partial charge in [0.2, 0.25) is 0 Å². The van der Waals surface area contributed by atoms with E-state index in [1.165, 1.54) is 5.56 Å². The zero-order valence-electron chi connectivity index (χ0n) is 12.4. The van der Waals surface area contributed by atoms with Crippen molar-refractivity contribution in [3.63, 3.8) is 0 Å². The first-order valence-electron chi connectivity index (χ1n) is 7.52. The van der Waals surface area contributed by atoms with Crippen molar-refractivity contribution in [1.29, 1.82) is 0 Å². The minimum atomic E-state index is 0.755. The minimum absolute atomic E-state index is 0.755. The van der Waals surface area contributed by atoms with E-state index in [0.29, 0.717) is 0 Å². The Labute approximate surface area is 140 Å². The third-order valence-electron chi connectivity index (χ3n) is 3.96. The molecule has 0 aliphatic carbocycles. The topological polar surface area (TPSA) is 12.9 Å². The molecule has 0 aliphatic rings. The molecule has 1 aromatic heterocycles. The molecule has 4 rings (SSSR count). The van der Waals surface area contributed by atoms with Gasteiger partial charge in [0.25, 0.3) is 0 Å². The number of pyridine rings is 1. The minimum Gasteiger partial charge on any atom is -0.248 e. The lowest BCUT2D eigenvalue weighted by molar-refractivity contribution is 1.40. The lowest BCUT2D eigenvalue weighted by atomic mass is 10.0. The van der Waals surface area contributed by atoms with E-state index in [1.54, 1.807) is 0 Å². The van der Waals surface area contributed by atoms with Gasteiger partial charge >= 0.3 is 0 Å². The van der Waals surface area contributed by atoms with Crippen LogP contribution in [0.1, 0.15) is 0 Å². The number of nitrogens with zero attached hydrogens (tertiary/aromatic N) is 1. The van der Waals surface area contributed by atoms with E-state index in [2.05, 4.69) is 42.5 Å². The summed E-state index contributed by atoms with van der Waals surface area (Å²) in [5.74, 6) is 0. The van der Waals surface area contributed by atoms with Crippen LogP contribution >= 0.6 is 11.6 Å². The third kappa shape index (κ3) is 2.84. The van der Waals surface area contributed by atoms with Crippen molar-refractivity contribution < 1.29 is 0 Å². The van der Waals surface area contributed by atoms with Crippen molar-refractivity contribution in [1.82, 2.24) is 4.98 Å². The van der Waals surface area contributed by atoms with Crippen LogP contribution in [0.15, 0.2) is 84.9 Å². The highest BCUT2D eigenvalue weighted by molar-refractivity contribution is 6.30. The second kappa shape index (κ2) is 5.86. The van der Waals surface area contributed by atoms with E-state index >= 15 is 0 Å². The quantitative estimate of drug-likeness (QED) is 0.428. The molecule has 0 aliphatic heterocycles. The van der Waals surface area contributed by atoms with Crippen LogP contribution in [0, 0.1) is 0 Å². The molecule has 0 spiro atoms. The normalized spacial score (nSPS) is 10.8. The molecule has 0 atom stereocenters. The molecule has 0 radical (unpaired) electrons. The van der Waals surface area contributed by atoms with E-state index in [1.807, 2.05) is 42.5 Å². The maximum absolute atomic E-state index is 5.94. The van der Waals surface area contributed by atoms with Gasteiger partial charge < -0.3 is 0 Å². The zero-order chi connectivity index (χ0) is 15.6. The summed E-state index contributed by atoms with van der Waals surface area (Å²) in [4.78, 5) is 4.74. The molecular formula is C21H14ClN. The number of benzene rings is 3. The van der Waals surface area contributed by atoms with Crippen LogP contribution in [-0.4, -0.2) is 4.98 Å². The van der Waals surface area contributed by atoms with E-state index in [9.17, 15) is 0 Å². The van der Waals surface area contributed by atoms with Crippen molar-refractivity contribution in [2.45, 2.75) is 0 Å². The Hall–Kier alpha value is -2.64. The molecule has 0 N–H and O–H groups in total. The summed E-state index contributed by atoms with van der Waals surface area (Å²) in [7, 11) is 0. The summed E-state index contributed by atoms with van der Waals surface area (Å²) in [6.45, 7) is 0. The predicted molar refractivity (Wildman–Crippen MR) is 97.6 cm³/mol. The van der Waals surface area contributed by atoms with Gasteiger partial charge in [0.15, 0.2) is 0 Å². The van der Waals surface area contributed by atoms with Crippen molar-refractivity contribution >= 4 is 22.5 Å². The van der Waals surface area contributed by atoms with Gasteiger partial charge in [-0.05, 0) is 35.4 Å². The fraction of sp³-hybridized carbons (Fsp3) is 0. The monoisotopic (exact) mass is 315 g/mol. The summed E-state index contributed by atoms with van der Waals surface area (Å²) in [5.41, 5.74) is 5.46. The number of fused-ring (bicyclic) bond motifs is 1. The number of rotatable bonds is 2. The second-order valence-electron chi connectivity index (χ2n) is 5.47. The molecule has 1 nitrogen and oxygen atoms in total. The van der Waals surface area contributed by atoms with Crippen LogP contribution < -0.4 is 0 Å². The molecule has 2 heteroatoms. The Morgan fingerprint density at radius 1 is 0.565 bits per heavy atom. The summed E-state index contributed by atoms with van der Waals surface area (Å²) < 4.78 is 0. The molecule has 3 aromatic carbocycles. The number of para-hydroxylation sites is 1. The highest BCUT2D eigenvalue weighted by Crippen LogP contribution is 2.26. The first-order chi connectivity index (χ1) is 11.3. The fourth-order valence-electron chi connectivity index (χ4n) is 2.70. The molecule has 0 fully saturated rings. The molecule has 0 unspecified atom stereocenters. The molecule has 0 saturated carbocycles. The number of aromatic nitrogens is 1. The Kier molecular flexibility index (Phi) is 3.57. The van der Waals surface area contributed by atoms with Gasteiger partial charge in [-0.3, -0.25) is 0 Å². The lowest BCUT2D eigenvalue weighted by Gasteiger charge is -2.06. The first-order valence-corrected chi connectivity index (χ1v) is 7.89. The Morgan fingerprint density at radius 3 is 1.91 bits per heavy atom. The Morgan fingerprint density at radius 2 is 1.17 bits per heavy atom. The number of halogens is 1. The van der Waals surface area contributed by atoms with Crippen molar-refractivity contribution in [3.8, 4) is 22.4 Å². The third-order valence-corrected chi connectivity index (χ3v) is 4.21. The first kappa shape index (κ1) is 14.0. The van der Waals surface area contributed by atoms with Gasteiger partial charge in [0.1, 0.15) is 0 Å². The average molecular weight is 316 g/mol. The van der Waals surface area contributed by atoms with Gasteiger partial charge in [0, 0.05) is 16.0 Å². The Bertz CT molecular complexity index is 957. The van der Waals surface area contributed by atoms with Crippen LogP contribution in [0.2, 0.25) is 5.02 Å². The van der Waals surface area contributed by atoms with Crippen molar-refractivity contribution in [2.75, 3.05) is 0 Å².